The van der Waals surface area contributed by atoms with Crippen molar-refractivity contribution < 1.29 is 9.59 Å². The van der Waals surface area contributed by atoms with E-state index in [2.05, 4.69) is 16.0 Å². The molecular formula is C13H23N3O2. The summed E-state index contributed by atoms with van der Waals surface area (Å²) in [6, 6.07) is -0.318. The van der Waals surface area contributed by atoms with Crippen molar-refractivity contribution in [2.24, 2.45) is 5.92 Å². The second-order valence-electron chi connectivity index (χ2n) is 5.30. The van der Waals surface area contributed by atoms with Crippen LogP contribution in [0.2, 0.25) is 0 Å². The molecule has 2 aliphatic rings. The summed E-state index contributed by atoms with van der Waals surface area (Å²) in [7, 11) is 0. The molecule has 1 atom stereocenters. The number of rotatable bonds is 3. The third-order valence-corrected chi connectivity index (χ3v) is 3.80. The molecule has 18 heavy (non-hydrogen) atoms. The molecule has 0 aromatic rings. The molecule has 5 nitrogen and oxygen atoms in total. The van der Waals surface area contributed by atoms with Crippen molar-refractivity contribution in [1.82, 2.24) is 16.0 Å². The minimum atomic E-state index is -0.318. The Hall–Kier alpha value is -1.10. The summed E-state index contributed by atoms with van der Waals surface area (Å²) in [4.78, 5) is 23.6. The molecule has 5 heteroatoms. The van der Waals surface area contributed by atoms with E-state index in [-0.39, 0.29) is 17.9 Å². The Morgan fingerprint density at radius 2 is 1.94 bits per heavy atom. The largest absolute Gasteiger partial charge is 0.354 e. The van der Waals surface area contributed by atoms with Gasteiger partial charge in [0.1, 0.15) is 6.04 Å². The molecule has 0 aromatic heterocycles. The summed E-state index contributed by atoms with van der Waals surface area (Å²) in [6.07, 6.45) is 5.45. The molecule has 2 saturated heterocycles. The van der Waals surface area contributed by atoms with Gasteiger partial charge in [0.15, 0.2) is 0 Å². The molecule has 2 rings (SSSR count). The van der Waals surface area contributed by atoms with Crippen molar-refractivity contribution in [3.05, 3.63) is 0 Å². The lowest BCUT2D eigenvalue weighted by Gasteiger charge is -2.23. The minimum Gasteiger partial charge on any atom is -0.354 e. The second-order valence-corrected chi connectivity index (χ2v) is 5.30. The predicted molar refractivity (Wildman–Crippen MR) is 69.0 cm³/mol. The average Bonchev–Trinajstić information content (AvgIpc) is 2.56. The van der Waals surface area contributed by atoms with Gasteiger partial charge in [0.2, 0.25) is 11.8 Å². The van der Waals surface area contributed by atoms with E-state index >= 15 is 0 Å². The van der Waals surface area contributed by atoms with Crippen LogP contribution in [0.4, 0.5) is 0 Å². The lowest BCUT2D eigenvalue weighted by atomic mass is 9.94. The highest BCUT2D eigenvalue weighted by Gasteiger charge is 2.24. The summed E-state index contributed by atoms with van der Waals surface area (Å²) in [5.74, 6) is 0.482. The molecule has 0 spiro atoms. The van der Waals surface area contributed by atoms with Crippen LogP contribution in [0.5, 0.6) is 0 Å². The summed E-state index contributed by atoms with van der Waals surface area (Å²) >= 11 is 0. The zero-order chi connectivity index (χ0) is 12.8. The fourth-order valence-electron chi connectivity index (χ4n) is 2.68. The van der Waals surface area contributed by atoms with E-state index < -0.39 is 0 Å². The van der Waals surface area contributed by atoms with Gasteiger partial charge in [0.25, 0.3) is 0 Å². The van der Waals surface area contributed by atoms with E-state index in [1.54, 1.807) is 0 Å². The minimum absolute atomic E-state index is 0.0221. The molecule has 0 bridgehead atoms. The van der Waals surface area contributed by atoms with Crippen LogP contribution < -0.4 is 16.0 Å². The molecule has 0 radical (unpaired) electrons. The highest BCUT2D eigenvalue weighted by atomic mass is 16.2. The van der Waals surface area contributed by atoms with Gasteiger partial charge in [-0.3, -0.25) is 9.59 Å². The summed E-state index contributed by atoms with van der Waals surface area (Å²) in [5, 5.41) is 9.01. The van der Waals surface area contributed by atoms with Gasteiger partial charge in [-0.25, -0.2) is 0 Å². The first-order valence-corrected chi connectivity index (χ1v) is 7.03. The molecule has 0 aliphatic carbocycles. The molecule has 2 fully saturated rings. The Bertz CT molecular complexity index is 301. The maximum absolute atomic E-state index is 11.9. The first-order chi connectivity index (χ1) is 8.75. The van der Waals surface area contributed by atoms with Crippen LogP contribution in [-0.2, 0) is 9.59 Å². The van der Waals surface area contributed by atoms with E-state index in [9.17, 15) is 9.59 Å². The number of hydrogen-bond donors (Lipinski definition) is 3. The summed E-state index contributed by atoms with van der Waals surface area (Å²) in [6.45, 7) is 2.74. The van der Waals surface area contributed by atoms with Gasteiger partial charge in [-0.15, -0.1) is 0 Å². The van der Waals surface area contributed by atoms with Gasteiger partial charge >= 0.3 is 0 Å². The molecule has 0 saturated carbocycles. The first-order valence-electron chi connectivity index (χ1n) is 7.03. The van der Waals surface area contributed by atoms with Crippen LogP contribution in [0.15, 0.2) is 0 Å². The van der Waals surface area contributed by atoms with E-state index in [0.29, 0.717) is 12.3 Å². The number of carbonyl (C=O) groups excluding carboxylic acids is 2. The maximum Gasteiger partial charge on any atom is 0.242 e. The zero-order valence-electron chi connectivity index (χ0n) is 10.8. The smallest absolute Gasteiger partial charge is 0.242 e. The first kappa shape index (κ1) is 13.3. The maximum atomic E-state index is 11.9. The Labute approximate surface area is 108 Å². The van der Waals surface area contributed by atoms with E-state index in [1.807, 2.05) is 0 Å². The van der Waals surface area contributed by atoms with Gasteiger partial charge in [0.05, 0.1) is 0 Å². The molecule has 2 heterocycles. The Balaban J connectivity index is 1.76. The third kappa shape index (κ3) is 3.98. The number of nitrogens with one attached hydrogen (secondary N) is 3. The predicted octanol–water partition coefficient (Wildman–Crippen LogP) is 0.161. The average molecular weight is 253 g/mol. The van der Waals surface area contributed by atoms with Gasteiger partial charge < -0.3 is 16.0 Å². The molecular weight excluding hydrogens is 230 g/mol. The number of hydrogen-bond acceptors (Lipinski definition) is 3. The van der Waals surface area contributed by atoms with Crippen molar-refractivity contribution in [3.63, 3.8) is 0 Å². The summed E-state index contributed by atoms with van der Waals surface area (Å²) in [5.41, 5.74) is 0. The fraction of sp³-hybridized carbons (Fsp3) is 0.846. The molecule has 1 unspecified atom stereocenters. The van der Waals surface area contributed by atoms with Gasteiger partial charge in [-0.05, 0) is 51.1 Å². The molecule has 102 valence electrons. The van der Waals surface area contributed by atoms with E-state index in [1.165, 1.54) is 0 Å². The zero-order valence-corrected chi connectivity index (χ0v) is 10.8. The number of carbonyl (C=O) groups is 2. The van der Waals surface area contributed by atoms with Gasteiger partial charge in [0, 0.05) is 13.0 Å². The van der Waals surface area contributed by atoms with Crippen LogP contribution in [-0.4, -0.2) is 37.5 Å². The normalized spacial score (nSPS) is 26.2. The van der Waals surface area contributed by atoms with E-state index in [0.717, 1.165) is 51.7 Å². The van der Waals surface area contributed by atoms with Crippen LogP contribution in [0.3, 0.4) is 0 Å². The summed E-state index contributed by atoms with van der Waals surface area (Å²) < 4.78 is 0. The van der Waals surface area contributed by atoms with Crippen LogP contribution in [0.25, 0.3) is 0 Å². The third-order valence-electron chi connectivity index (χ3n) is 3.80. The second kappa shape index (κ2) is 6.73. The van der Waals surface area contributed by atoms with Crippen LogP contribution in [0, 0.1) is 5.92 Å². The molecule has 2 amide bonds. The molecule has 2 aliphatic heterocycles. The fourth-order valence-corrected chi connectivity index (χ4v) is 2.68. The quantitative estimate of drug-likeness (QED) is 0.671. The SMILES string of the molecule is O=C(CC1CCNCC1)NC1CCCCNC1=O. The Morgan fingerprint density at radius 1 is 1.17 bits per heavy atom. The van der Waals surface area contributed by atoms with Crippen molar-refractivity contribution >= 4 is 11.8 Å². The number of piperidine rings is 1. The van der Waals surface area contributed by atoms with Crippen molar-refractivity contribution in [2.75, 3.05) is 19.6 Å². The standard InChI is InChI=1S/C13H23N3O2/c17-12(9-10-4-7-14-8-5-10)16-11-3-1-2-6-15-13(11)18/h10-11,14H,1-9H2,(H,15,18)(H,16,17). The lowest BCUT2D eigenvalue weighted by molar-refractivity contribution is -0.129. The topological polar surface area (TPSA) is 70.2 Å². The van der Waals surface area contributed by atoms with E-state index in [4.69, 9.17) is 0 Å². The van der Waals surface area contributed by atoms with Crippen molar-refractivity contribution in [2.45, 2.75) is 44.6 Å². The molecule has 0 aromatic carbocycles. The highest BCUT2D eigenvalue weighted by Crippen LogP contribution is 2.16. The Kier molecular flexibility index (Phi) is 4.99. The number of amides is 2. The van der Waals surface area contributed by atoms with Crippen LogP contribution >= 0.6 is 0 Å². The van der Waals surface area contributed by atoms with Crippen LogP contribution in [0.1, 0.15) is 38.5 Å². The monoisotopic (exact) mass is 253 g/mol. The van der Waals surface area contributed by atoms with Crippen molar-refractivity contribution in [3.8, 4) is 0 Å². The lowest BCUT2D eigenvalue weighted by Crippen LogP contribution is -2.46. The van der Waals surface area contributed by atoms with Crippen molar-refractivity contribution in [1.29, 1.82) is 0 Å². The van der Waals surface area contributed by atoms with Gasteiger partial charge in [-0.2, -0.15) is 0 Å². The highest BCUT2D eigenvalue weighted by molar-refractivity contribution is 5.87. The molecule has 3 N–H and O–H groups in total. The Morgan fingerprint density at radius 3 is 2.72 bits per heavy atom. The van der Waals surface area contributed by atoms with Gasteiger partial charge in [-0.1, -0.05) is 0 Å².